The summed E-state index contributed by atoms with van der Waals surface area (Å²) in [5.74, 6) is -6.81. The summed E-state index contributed by atoms with van der Waals surface area (Å²) in [6.45, 7) is -1.55. The molecule has 0 unspecified atom stereocenters. The Balaban J connectivity index is 1.02. The predicted molar refractivity (Wildman–Crippen MR) is 364 cm³/mol. The van der Waals surface area contributed by atoms with E-state index in [1.807, 2.05) is 216 Å². The quantitative estimate of drug-likeness (QED) is 0.0997. The van der Waals surface area contributed by atoms with E-state index in [-0.39, 0.29) is 22.7 Å². The fourth-order valence-electron chi connectivity index (χ4n) is 14.5. The molecule has 0 saturated carbocycles. The van der Waals surface area contributed by atoms with E-state index in [1.165, 1.54) is 48.5 Å². The average Bonchev–Trinajstić information content (AvgIpc) is 0.683. The van der Waals surface area contributed by atoms with Crippen LogP contribution in [0.4, 0.5) is 137 Å². The summed E-state index contributed by atoms with van der Waals surface area (Å²) in [6, 6.07) is 78.7. The molecule has 13 aromatic carbocycles. The number of rotatable bonds is 10. The first-order valence-corrected chi connectivity index (χ1v) is 30.5. The van der Waals surface area contributed by atoms with Crippen molar-refractivity contribution in [3.05, 3.63) is 326 Å². The van der Waals surface area contributed by atoms with Crippen molar-refractivity contribution in [2.24, 2.45) is 0 Å². The van der Waals surface area contributed by atoms with Gasteiger partial charge < -0.3 is 29.4 Å². The van der Waals surface area contributed by atoms with Gasteiger partial charge in [0.15, 0.2) is 0 Å². The average molecular weight is 1240 g/mol. The third-order valence-corrected chi connectivity index (χ3v) is 18.2. The van der Waals surface area contributed by atoms with E-state index < -0.39 is 60.0 Å². The van der Waals surface area contributed by atoms with Gasteiger partial charge in [-0.15, -0.1) is 0 Å². The lowest BCUT2D eigenvalue weighted by Gasteiger charge is -2.47. The van der Waals surface area contributed by atoms with Crippen molar-refractivity contribution in [1.82, 2.24) is 0 Å². The lowest BCUT2D eigenvalue weighted by Crippen LogP contribution is -2.65. The van der Waals surface area contributed by atoms with Gasteiger partial charge in [-0.3, -0.25) is 0 Å². The molecule has 4 aliphatic heterocycles. The van der Waals surface area contributed by atoms with Crippen molar-refractivity contribution >= 4 is 149 Å². The SMILES string of the molecule is Fc1ccc(N2c3ccccc3B3c4cc5c(cc4N(c4ccc(F)cc4F)c4cc(N(c6ccccc6)c6ccccc6)cc2c43)N(c2ccc(F)cc2F)c2cc(N(c3ccccc3)c3ccccc3)cc3c2B5c2ccccc2N3c2ccc(F)cc2F)c(F)c1. The summed E-state index contributed by atoms with van der Waals surface area (Å²) < 4.78 is 131. The fraction of sp³-hybridized carbons (Fsp3) is 0. The van der Waals surface area contributed by atoms with Crippen LogP contribution in [0.25, 0.3) is 0 Å². The van der Waals surface area contributed by atoms with Crippen LogP contribution in [-0.4, -0.2) is 13.4 Å². The number of benzene rings is 13. The molecule has 0 saturated heterocycles. The maximum atomic E-state index is 17.8. The van der Waals surface area contributed by atoms with Crippen LogP contribution in [0.5, 0.6) is 0 Å². The van der Waals surface area contributed by atoms with Gasteiger partial charge in [0.2, 0.25) is 0 Å². The summed E-state index contributed by atoms with van der Waals surface area (Å²) in [5, 5.41) is 0. The number of nitrogens with zero attached hydrogens (tertiary/aromatic N) is 6. The molecule has 0 fully saturated rings. The second-order valence-corrected chi connectivity index (χ2v) is 23.5. The highest BCUT2D eigenvalue weighted by molar-refractivity contribution is 7.03. The van der Waals surface area contributed by atoms with Crippen molar-refractivity contribution in [2.75, 3.05) is 29.4 Å². The highest BCUT2D eigenvalue weighted by Gasteiger charge is 2.50. The second kappa shape index (κ2) is 22.0. The first-order chi connectivity index (χ1) is 45.9. The van der Waals surface area contributed by atoms with Gasteiger partial charge in [0.1, 0.15) is 46.5 Å². The highest BCUT2D eigenvalue weighted by atomic mass is 19.2. The molecule has 0 amide bonds. The molecule has 0 spiro atoms. The standard InChI is InChI=1S/C78H46B2F8N6/c81-47-29-33-67(61(85)37-47)91-65-27-15-13-25-57(65)79-59-45-60-72(46-71(59)93(69-35-31-49(83)39-63(69)87)75-43-55(41-73(91)77(75)79)89(51-17-5-1-6-18-51)52-19-7-2-8-20-52)94(70-36-32-50(84)40-64(70)88)76-44-56(90(53-21-9-3-10-22-53)54-23-11-4-12-24-54)42-74-78(76)80(60)58-26-14-16-28-66(58)92(74)68-34-30-48(82)38-62(68)86/h1-46H. The van der Waals surface area contributed by atoms with E-state index >= 15 is 35.1 Å². The van der Waals surface area contributed by atoms with Crippen molar-refractivity contribution in [3.63, 3.8) is 0 Å². The summed E-state index contributed by atoms with van der Waals surface area (Å²) in [4.78, 5) is 11.0. The largest absolute Gasteiger partial charge is 0.310 e. The molecule has 0 N–H and O–H groups in total. The Morgan fingerprint density at radius 3 is 0.755 bits per heavy atom. The Bertz CT molecular complexity index is 4830. The Hall–Kier alpha value is -11.8. The first-order valence-electron chi connectivity index (χ1n) is 30.5. The van der Waals surface area contributed by atoms with Gasteiger partial charge in [0.25, 0.3) is 13.4 Å². The van der Waals surface area contributed by atoms with E-state index in [9.17, 15) is 0 Å². The molecule has 6 nitrogen and oxygen atoms in total. The Labute approximate surface area is 536 Å². The lowest BCUT2D eigenvalue weighted by molar-refractivity contribution is 0.583. The molecule has 450 valence electrons. The number of para-hydroxylation sites is 6. The highest BCUT2D eigenvalue weighted by Crippen LogP contribution is 2.53. The maximum absolute atomic E-state index is 17.8. The third kappa shape index (κ3) is 8.87. The van der Waals surface area contributed by atoms with Gasteiger partial charge in [-0.25, -0.2) is 35.1 Å². The molecule has 0 aliphatic carbocycles. The third-order valence-electron chi connectivity index (χ3n) is 18.2. The summed E-state index contributed by atoms with van der Waals surface area (Å²) >= 11 is 0. The van der Waals surface area contributed by atoms with Crippen LogP contribution in [0.15, 0.2) is 279 Å². The van der Waals surface area contributed by atoms with Crippen molar-refractivity contribution < 1.29 is 35.1 Å². The van der Waals surface area contributed by atoms with Crippen LogP contribution < -0.4 is 62.2 Å². The summed E-state index contributed by atoms with van der Waals surface area (Å²) in [5.41, 5.74) is 11.2. The zero-order valence-corrected chi connectivity index (χ0v) is 49.4. The van der Waals surface area contributed by atoms with Crippen LogP contribution in [-0.2, 0) is 0 Å². The van der Waals surface area contributed by atoms with E-state index in [4.69, 9.17) is 0 Å². The molecule has 0 atom stereocenters. The molecule has 4 heterocycles. The zero-order chi connectivity index (χ0) is 63.6. The predicted octanol–water partition coefficient (Wildman–Crippen LogP) is 17.9. The van der Waals surface area contributed by atoms with Crippen LogP contribution in [0.1, 0.15) is 0 Å². The van der Waals surface area contributed by atoms with Crippen LogP contribution in [0.2, 0.25) is 0 Å². The minimum Gasteiger partial charge on any atom is -0.310 e. The molecule has 17 rings (SSSR count). The molecule has 0 bridgehead atoms. The molecule has 0 aromatic heterocycles. The minimum absolute atomic E-state index is 0.0212. The van der Waals surface area contributed by atoms with Gasteiger partial charge >= 0.3 is 0 Å². The molecule has 4 aliphatic rings. The monoisotopic (exact) mass is 1240 g/mol. The van der Waals surface area contributed by atoms with Crippen LogP contribution in [0, 0.1) is 46.5 Å². The van der Waals surface area contributed by atoms with Crippen molar-refractivity contribution in [1.29, 1.82) is 0 Å². The smallest absolute Gasteiger partial charge is 0.252 e. The zero-order valence-electron chi connectivity index (χ0n) is 49.4. The van der Waals surface area contributed by atoms with Crippen molar-refractivity contribution in [3.8, 4) is 0 Å². The number of anilines is 18. The molecule has 0 radical (unpaired) electrons. The Morgan fingerprint density at radius 2 is 0.468 bits per heavy atom. The summed E-state index contributed by atoms with van der Waals surface area (Å²) in [6.07, 6.45) is 0. The van der Waals surface area contributed by atoms with Gasteiger partial charge in [-0.2, -0.15) is 0 Å². The van der Waals surface area contributed by atoms with E-state index in [0.29, 0.717) is 89.7 Å². The molecular formula is C78H46B2F8N6. The number of halogens is 8. The number of fused-ring (bicyclic) bond motifs is 8. The lowest BCUT2D eigenvalue weighted by atomic mass is 9.30. The molecule has 16 heteroatoms. The molecular weight excluding hydrogens is 1190 g/mol. The molecule has 94 heavy (non-hydrogen) atoms. The fourth-order valence-corrected chi connectivity index (χ4v) is 14.5. The van der Waals surface area contributed by atoms with E-state index in [1.54, 1.807) is 19.6 Å². The topological polar surface area (TPSA) is 19.4 Å². The van der Waals surface area contributed by atoms with Crippen LogP contribution in [0.3, 0.4) is 0 Å². The van der Waals surface area contributed by atoms with Gasteiger partial charge in [-0.1, -0.05) is 115 Å². The second-order valence-electron chi connectivity index (χ2n) is 23.5. The van der Waals surface area contributed by atoms with Gasteiger partial charge in [-0.05, 0) is 172 Å². The minimum atomic E-state index is -0.931. The normalized spacial score (nSPS) is 13.0. The van der Waals surface area contributed by atoms with E-state index in [2.05, 4.69) is 0 Å². The Kier molecular flexibility index (Phi) is 13.1. The van der Waals surface area contributed by atoms with Crippen LogP contribution >= 0.6 is 0 Å². The van der Waals surface area contributed by atoms with Gasteiger partial charge in [0, 0.05) is 92.5 Å². The van der Waals surface area contributed by atoms with Crippen molar-refractivity contribution in [2.45, 2.75) is 0 Å². The maximum Gasteiger partial charge on any atom is 0.252 e. The molecule has 13 aromatic rings. The summed E-state index contributed by atoms with van der Waals surface area (Å²) in [7, 11) is 0. The van der Waals surface area contributed by atoms with E-state index in [0.717, 1.165) is 47.0 Å². The number of hydrogen-bond acceptors (Lipinski definition) is 6. The van der Waals surface area contributed by atoms with Gasteiger partial charge in [0.05, 0.1) is 34.1 Å². The number of hydrogen-bond donors (Lipinski definition) is 0. The first kappa shape index (κ1) is 56.2. The Morgan fingerprint density at radius 1 is 0.202 bits per heavy atom.